The van der Waals surface area contributed by atoms with E-state index in [9.17, 15) is 0 Å². The zero-order chi connectivity index (χ0) is 24.8. The topological polar surface area (TPSA) is 30.7 Å². The van der Waals surface area contributed by atoms with Gasteiger partial charge in [-0.1, -0.05) is 76.8 Å². The summed E-state index contributed by atoms with van der Waals surface area (Å²) in [5.41, 5.74) is 7.55. The molecule has 184 valence electrons. The van der Waals surface area contributed by atoms with Gasteiger partial charge in [-0.3, -0.25) is 9.67 Å². The summed E-state index contributed by atoms with van der Waals surface area (Å²) in [5.74, 6) is 0. The van der Waals surface area contributed by atoms with E-state index in [0.29, 0.717) is 0 Å². The maximum atomic E-state index is 4.66. The summed E-state index contributed by atoms with van der Waals surface area (Å²) >= 11 is 0. The molecule has 0 amide bonds. The molecule has 2 heterocycles. The van der Waals surface area contributed by atoms with Gasteiger partial charge in [-0.25, -0.2) is 0 Å². The summed E-state index contributed by atoms with van der Waals surface area (Å²) in [5, 5.41) is 6.81. The van der Waals surface area contributed by atoms with Crippen molar-refractivity contribution in [1.29, 1.82) is 0 Å². The van der Waals surface area contributed by atoms with Gasteiger partial charge in [0.2, 0.25) is 0 Å². The van der Waals surface area contributed by atoms with E-state index < -0.39 is 0 Å². The minimum Gasteiger partial charge on any atom is -0.295 e. The first-order valence-electron chi connectivity index (χ1n) is 12.1. The van der Waals surface area contributed by atoms with Crippen molar-refractivity contribution in [1.82, 2.24) is 14.8 Å². The van der Waals surface area contributed by atoms with Crippen LogP contribution in [-0.2, 0) is 31.9 Å². The Bertz CT molecular complexity index is 1520. The first-order chi connectivity index (χ1) is 16.6. The first kappa shape index (κ1) is 26.0. The van der Waals surface area contributed by atoms with Crippen LogP contribution in [-0.4, -0.2) is 14.8 Å². The van der Waals surface area contributed by atoms with Crippen LogP contribution in [0.5, 0.6) is 0 Å². The minimum atomic E-state index is 0. The predicted molar refractivity (Wildman–Crippen MR) is 145 cm³/mol. The van der Waals surface area contributed by atoms with Crippen LogP contribution in [0.2, 0.25) is 0 Å². The fraction of sp³-hybridized carbons (Fsp3) is 0.250. The molecule has 0 aliphatic heterocycles. The molecule has 0 atom stereocenters. The van der Waals surface area contributed by atoms with E-state index in [4.69, 9.17) is 0 Å². The average Bonchev–Trinajstić information content (AvgIpc) is 3.34. The number of hydrogen-bond acceptors (Lipinski definition) is 2. The third-order valence-electron chi connectivity index (χ3n) is 6.45. The van der Waals surface area contributed by atoms with Crippen LogP contribution in [0.4, 0.5) is 0 Å². The summed E-state index contributed by atoms with van der Waals surface area (Å²) in [6, 6.07) is 28.4. The fourth-order valence-corrected chi connectivity index (χ4v) is 4.21. The molecule has 0 fully saturated rings. The normalized spacial score (nSPS) is 11.9. The van der Waals surface area contributed by atoms with Gasteiger partial charge < -0.3 is 0 Å². The van der Waals surface area contributed by atoms with Gasteiger partial charge in [0, 0.05) is 18.1 Å². The van der Waals surface area contributed by atoms with Crippen molar-refractivity contribution in [3.8, 4) is 28.1 Å². The Kier molecular flexibility index (Phi) is 7.08. The number of hydrogen-bond donors (Lipinski definition) is 0. The molecule has 0 saturated carbocycles. The molecule has 2 aromatic heterocycles. The van der Waals surface area contributed by atoms with Crippen LogP contribution in [0.3, 0.4) is 0 Å². The van der Waals surface area contributed by atoms with Crippen LogP contribution in [0.15, 0.2) is 79.3 Å². The number of rotatable bonds is 3. The van der Waals surface area contributed by atoms with Crippen molar-refractivity contribution in [3.05, 3.63) is 103 Å². The molecule has 0 spiro atoms. The molecule has 5 aromatic rings. The van der Waals surface area contributed by atoms with E-state index in [1.807, 2.05) is 23.1 Å². The summed E-state index contributed by atoms with van der Waals surface area (Å²) in [7, 11) is 0. The summed E-state index contributed by atoms with van der Waals surface area (Å²) in [6.45, 7) is 13.3. The van der Waals surface area contributed by atoms with Crippen LogP contribution in [0.25, 0.3) is 38.8 Å². The zero-order valence-electron chi connectivity index (χ0n) is 21.7. The van der Waals surface area contributed by atoms with Crippen LogP contribution >= 0.6 is 0 Å². The zero-order valence-corrected chi connectivity index (χ0v) is 23.9. The SMILES string of the molecule is CC(C)(C)c1ccnc(-c2[c-]c3c(-c4[c-]c(-n5cc(C(C)(C)C)cn5)ccc4)cccc3cc2)c1.[Pt+2]. The van der Waals surface area contributed by atoms with Gasteiger partial charge >= 0.3 is 21.1 Å². The van der Waals surface area contributed by atoms with Crippen LogP contribution < -0.4 is 0 Å². The van der Waals surface area contributed by atoms with E-state index in [1.165, 1.54) is 11.1 Å². The molecule has 0 aliphatic rings. The number of nitrogens with zero attached hydrogens (tertiary/aromatic N) is 3. The molecule has 3 nitrogen and oxygen atoms in total. The molecule has 5 rings (SSSR count). The van der Waals surface area contributed by atoms with Crippen molar-refractivity contribution < 1.29 is 21.1 Å². The predicted octanol–water partition coefficient (Wildman–Crippen LogP) is 7.95. The van der Waals surface area contributed by atoms with E-state index in [-0.39, 0.29) is 31.9 Å². The standard InChI is InChI=1S/C32H31N3.Pt/c1-31(2,3)25-15-16-33-30(19-25)24-14-13-22-9-8-12-28(29(22)18-24)23-10-7-11-27(17-23)35-21-26(20-34-35)32(4,5)6;/h7-16,19-21H,1-6H3;/q-2;+2. The van der Waals surface area contributed by atoms with E-state index in [0.717, 1.165) is 38.8 Å². The second-order valence-electron chi connectivity index (χ2n) is 11.2. The Balaban J connectivity index is 0.00000304. The Morgan fingerprint density at radius 1 is 0.750 bits per heavy atom. The largest absolute Gasteiger partial charge is 2.00 e. The van der Waals surface area contributed by atoms with Gasteiger partial charge in [-0.2, -0.15) is 5.10 Å². The van der Waals surface area contributed by atoms with E-state index >= 15 is 0 Å². The number of benzene rings is 3. The third-order valence-corrected chi connectivity index (χ3v) is 6.45. The number of fused-ring (bicyclic) bond motifs is 1. The Hall–Kier alpha value is -3.03. The Labute approximate surface area is 228 Å². The van der Waals surface area contributed by atoms with Gasteiger partial charge in [0.15, 0.2) is 0 Å². The molecule has 3 aromatic carbocycles. The van der Waals surface area contributed by atoms with Crippen molar-refractivity contribution in [3.63, 3.8) is 0 Å². The molecule has 36 heavy (non-hydrogen) atoms. The molecular formula is C32H31N3Pt. The first-order valence-corrected chi connectivity index (χ1v) is 12.1. The second-order valence-corrected chi connectivity index (χ2v) is 11.2. The van der Waals surface area contributed by atoms with E-state index in [2.05, 4.69) is 125 Å². The molecule has 0 N–H and O–H groups in total. The van der Waals surface area contributed by atoms with Gasteiger partial charge in [0.25, 0.3) is 0 Å². The summed E-state index contributed by atoms with van der Waals surface area (Å²) in [4.78, 5) is 4.66. The van der Waals surface area contributed by atoms with Crippen molar-refractivity contribution in [2.75, 3.05) is 0 Å². The molecule has 4 heteroatoms. The van der Waals surface area contributed by atoms with Crippen molar-refractivity contribution in [2.24, 2.45) is 0 Å². The molecule has 0 aliphatic carbocycles. The van der Waals surface area contributed by atoms with Crippen LogP contribution in [0, 0.1) is 12.1 Å². The molecule has 0 saturated heterocycles. The minimum absolute atomic E-state index is 0. The molecule has 0 radical (unpaired) electrons. The average molecular weight is 653 g/mol. The second kappa shape index (κ2) is 9.79. The molecular weight excluding hydrogens is 621 g/mol. The fourth-order valence-electron chi connectivity index (χ4n) is 4.21. The van der Waals surface area contributed by atoms with E-state index in [1.54, 1.807) is 0 Å². The van der Waals surface area contributed by atoms with Gasteiger partial charge in [0.05, 0.1) is 6.20 Å². The summed E-state index contributed by atoms with van der Waals surface area (Å²) in [6.07, 6.45) is 5.93. The van der Waals surface area contributed by atoms with Crippen molar-refractivity contribution >= 4 is 10.8 Å². The molecule has 0 unspecified atom stereocenters. The third kappa shape index (κ3) is 5.22. The monoisotopic (exact) mass is 652 g/mol. The maximum absolute atomic E-state index is 4.66. The van der Waals surface area contributed by atoms with Crippen molar-refractivity contribution in [2.45, 2.75) is 52.4 Å². The Morgan fingerprint density at radius 3 is 2.22 bits per heavy atom. The quantitative estimate of drug-likeness (QED) is 0.185. The summed E-state index contributed by atoms with van der Waals surface area (Å²) < 4.78 is 1.91. The van der Waals surface area contributed by atoms with Gasteiger partial charge in [-0.05, 0) is 33.7 Å². The van der Waals surface area contributed by atoms with Gasteiger partial charge in [0.1, 0.15) is 0 Å². The Morgan fingerprint density at radius 2 is 1.50 bits per heavy atom. The maximum Gasteiger partial charge on any atom is 2.00 e. The molecule has 0 bridgehead atoms. The van der Waals surface area contributed by atoms with Gasteiger partial charge in [-0.15, -0.1) is 59.0 Å². The van der Waals surface area contributed by atoms with Crippen LogP contribution in [0.1, 0.15) is 52.7 Å². The number of aromatic nitrogens is 3. The number of pyridine rings is 1. The smallest absolute Gasteiger partial charge is 0.295 e.